The van der Waals surface area contributed by atoms with Gasteiger partial charge in [0.1, 0.15) is 17.3 Å². The molecule has 1 aromatic carbocycles. The van der Waals surface area contributed by atoms with Crippen molar-refractivity contribution in [1.82, 2.24) is 9.97 Å². The van der Waals surface area contributed by atoms with Crippen LogP contribution >= 0.6 is 23.2 Å². The Labute approximate surface area is 122 Å². The van der Waals surface area contributed by atoms with E-state index in [4.69, 9.17) is 23.2 Å². The number of fused-ring (bicyclic) bond motifs is 1. The Morgan fingerprint density at radius 2 is 2.11 bits per heavy atom. The predicted molar refractivity (Wildman–Crippen MR) is 78.3 cm³/mol. The van der Waals surface area contributed by atoms with Crippen LogP contribution in [0.1, 0.15) is 18.1 Å². The molecule has 0 saturated heterocycles. The molecule has 2 heterocycles. The molecule has 5 heteroatoms. The van der Waals surface area contributed by atoms with E-state index in [2.05, 4.69) is 40.0 Å². The van der Waals surface area contributed by atoms with Crippen LogP contribution in [-0.4, -0.2) is 16.0 Å². The van der Waals surface area contributed by atoms with E-state index < -0.39 is 0 Å². The monoisotopic (exact) mass is 293 g/mol. The fraction of sp³-hybridized carbons (Fsp3) is 0.286. The maximum Gasteiger partial charge on any atom is 0.142 e. The molecule has 1 unspecified atom stereocenters. The molecule has 3 nitrogen and oxygen atoms in total. The first kappa shape index (κ1) is 12.7. The van der Waals surface area contributed by atoms with Gasteiger partial charge in [-0.05, 0) is 25.0 Å². The number of rotatable bonds is 2. The highest BCUT2D eigenvalue weighted by molar-refractivity contribution is 6.31. The number of benzene rings is 1. The summed E-state index contributed by atoms with van der Waals surface area (Å²) < 4.78 is 0. The number of hydrogen-bond acceptors (Lipinski definition) is 3. The van der Waals surface area contributed by atoms with Crippen LogP contribution in [0.5, 0.6) is 0 Å². The number of halogens is 2. The number of alkyl halides is 1. The third-order valence-corrected chi connectivity index (χ3v) is 4.03. The van der Waals surface area contributed by atoms with Gasteiger partial charge < -0.3 is 4.90 Å². The van der Waals surface area contributed by atoms with E-state index in [9.17, 15) is 0 Å². The van der Waals surface area contributed by atoms with Crippen LogP contribution in [0, 0.1) is 0 Å². The van der Waals surface area contributed by atoms with Crippen molar-refractivity contribution < 1.29 is 0 Å². The molecule has 0 spiro atoms. The lowest BCUT2D eigenvalue weighted by Gasteiger charge is -2.25. The molecule has 0 radical (unpaired) electrons. The van der Waals surface area contributed by atoms with Gasteiger partial charge in [-0.2, -0.15) is 0 Å². The van der Waals surface area contributed by atoms with Gasteiger partial charge in [0.15, 0.2) is 0 Å². The Hall–Kier alpha value is -1.32. The van der Waals surface area contributed by atoms with Crippen LogP contribution in [0.3, 0.4) is 0 Å². The zero-order chi connectivity index (χ0) is 13.4. The number of para-hydroxylation sites is 1. The van der Waals surface area contributed by atoms with E-state index >= 15 is 0 Å². The summed E-state index contributed by atoms with van der Waals surface area (Å²) >= 11 is 12.1. The highest BCUT2D eigenvalue weighted by Crippen LogP contribution is 2.39. The Balaban J connectivity index is 2.15. The molecule has 1 atom stereocenters. The average Bonchev–Trinajstić information content (AvgIpc) is 2.74. The maximum absolute atomic E-state index is 6.12. The first-order chi connectivity index (χ1) is 9.22. The van der Waals surface area contributed by atoms with E-state index in [0.717, 1.165) is 17.8 Å². The topological polar surface area (TPSA) is 29.0 Å². The average molecular weight is 294 g/mol. The standard InChI is InChI=1S/C14H13Cl2N3/c1-9-6-10-4-2-3-5-12(10)19(9)14-11(7-15)13(16)17-8-18-14/h2-5,8-9H,6-7H2,1H3. The number of aromatic nitrogens is 2. The summed E-state index contributed by atoms with van der Waals surface area (Å²) in [6, 6.07) is 8.68. The summed E-state index contributed by atoms with van der Waals surface area (Å²) in [5, 5.41) is 0.427. The Bertz CT molecular complexity index is 615. The van der Waals surface area contributed by atoms with Gasteiger partial charge in [-0.1, -0.05) is 29.8 Å². The third kappa shape index (κ3) is 2.07. The van der Waals surface area contributed by atoms with Gasteiger partial charge in [-0.3, -0.25) is 0 Å². The fourth-order valence-electron chi connectivity index (χ4n) is 2.59. The van der Waals surface area contributed by atoms with Crippen LogP contribution in [-0.2, 0) is 12.3 Å². The van der Waals surface area contributed by atoms with Gasteiger partial charge in [0.05, 0.1) is 5.88 Å². The van der Waals surface area contributed by atoms with E-state index in [1.165, 1.54) is 17.6 Å². The van der Waals surface area contributed by atoms with Crippen LogP contribution in [0.15, 0.2) is 30.6 Å². The second-order valence-electron chi connectivity index (χ2n) is 4.65. The van der Waals surface area contributed by atoms with Gasteiger partial charge in [0, 0.05) is 17.3 Å². The molecular formula is C14H13Cl2N3. The summed E-state index contributed by atoms with van der Waals surface area (Å²) in [6.07, 6.45) is 2.49. The van der Waals surface area contributed by atoms with Crippen molar-refractivity contribution in [2.45, 2.75) is 25.3 Å². The molecule has 19 heavy (non-hydrogen) atoms. The molecule has 1 aliphatic heterocycles. The molecule has 0 fully saturated rings. The van der Waals surface area contributed by atoms with E-state index in [1.807, 2.05) is 6.07 Å². The lowest BCUT2D eigenvalue weighted by Crippen LogP contribution is -2.26. The molecule has 0 saturated carbocycles. The van der Waals surface area contributed by atoms with Crippen molar-refractivity contribution in [1.29, 1.82) is 0 Å². The van der Waals surface area contributed by atoms with Crippen LogP contribution in [0.25, 0.3) is 0 Å². The largest absolute Gasteiger partial charge is 0.323 e. The maximum atomic E-state index is 6.12. The third-order valence-electron chi connectivity index (χ3n) is 3.44. The molecular weight excluding hydrogens is 281 g/mol. The second-order valence-corrected chi connectivity index (χ2v) is 5.28. The minimum absolute atomic E-state index is 0.306. The molecule has 0 N–H and O–H groups in total. The highest BCUT2D eigenvalue weighted by atomic mass is 35.5. The summed E-state index contributed by atoms with van der Waals surface area (Å²) in [5.41, 5.74) is 3.29. The Morgan fingerprint density at radius 1 is 1.32 bits per heavy atom. The molecule has 0 bridgehead atoms. The molecule has 98 valence electrons. The first-order valence-electron chi connectivity index (χ1n) is 6.15. The van der Waals surface area contributed by atoms with Gasteiger partial charge >= 0.3 is 0 Å². The Morgan fingerprint density at radius 3 is 2.89 bits per heavy atom. The molecule has 3 rings (SSSR count). The van der Waals surface area contributed by atoms with E-state index in [-0.39, 0.29) is 0 Å². The summed E-state index contributed by atoms with van der Waals surface area (Å²) in [6.45, 7) is 2.17. The smallest absolute Gasteiger partial charge is 0.142 e. The van der Waals surface area contributed by atoms with Gasteiger partial charge in [0.25, 0.3) is 0 Å². The number of hydrogen-bond donors (Lipinski definition) is 0. The molecule has 0 aliphatic carbocycles. The van der Waals surface area contributed by atoms with Crippen molar-refractivity contribution in [3.05, 3.63) is 46.9 Å². The van der Waals surface area contributed by atoms with Crippen molar-refractivity contribution >= 4 is 34.7 Å². The SMILES string of the molecule is CC1Cc2ccccc2N1c1ncnc(Cl)c1CCl. The quantitative estimate of drug-likeness (QED) is 0.620. The summed E-state index contributed by atoms with van der Waals surface area (Å²) in [7, 11) is 0. The minimum Gasteiger partial charge on any atom is -0.323 e. The normalized spacial score (nSPS) is 17.6. The Kier molecular flexibility index (Phi) is 3.33. The zero-order valence-electron chi connectivity index (χ0n) is 10.5. The van der Waals surface area contributed by atoms with Crippen molar-refractivity contribution in [2.24, 2.45) is 0 Å². The fourth-order valence-corrected chi connectivity index (χ4v) is 3.10. The van der Waals surface area contributed by atoms with Crippen LogP contribution < -0.4 is 4.90 Å². The minimum atomic E-state index is 0.306. The first-order valence-corrected chi connectivity index (χ1v) is 7.06. The van der Waals surface area contributed by atoms with Crippen molar-refractivity contribution in [2.75, 3.05) is 4.90 Å². The van der Waals surface area contributed by atoms with Crippen LogP contribution in [0.4, 0.5) is 11.5 Å². The van der Waals surface area contributed by atoms with E-state index in [1.54, 1.807) is 0 Å². The number of anilines is 2. The zero-order valence-corrected chi connectivity index (χ0v) is 12.0. The van der Waals surface area contributed by atoms with Crippen LogP contribution in [0.2, 0.25) is 5.15 Å². The lowest BCUT2D eigenvalue weighted by molar-refractivity contribution is 0.746. The van der Waals surface area contributed by atoms with Gasteiger partial charge in [0.2, 0.25) is 0 Å². The molecule has 0 amide bonds. The number of nitrogens with zero attached hydrogens (tertiary/aromatic N) is 3. The van der Waals surface area contributed by atoms with Gasteiger partial charge in [-0.25, -0.2) is 9.97 Å². The summed E-state index contributed by atoms with van der Waals surface area (Å²) in [4.78, 5) is 10.6. The predicted octanol–water partition coefficient (Wildman–Crippen LogP) is 3.95. The van der Waals surface area contributed by atoms with Gasteiger partial charge in [-0.15, -0.1) is 11.6 Å². The van der Waals surface area contributed by atoms with Crippen molar-refractivity contribution in [3.63, 3.8) is 0 Å². The van der Waals surface area contributed by atoms with Crippen molar-refractivity contribution in [3.8, 4) is 0 Å². The molecule has 1 aliphatic rings. The molecule has 2 aromatic rings. The second kappa shape index (κ2) is 4.99. The lowest BCUT2D eigenvalue weighted by atomic mass is 10.1. The highest BCUT2D eigenvalue weighted by Gasteiger charge is 2.29. The summed E-state index contributed by atoms with van der Waals surface area (Å²) in [5.74, 6) is 1.12. The van der Waals surface area contributed by atoms with E-state index in [0.29, 0.717) is 17.1 Å². The molecule has 1 aromatic heterocycles.